The van der Waals surface area contributed by atoms with Crippen LogP contribution in [0, 0.1) is 6.92 Å². The van der Waals surface area contributed by atoms with Crippen molar-refractivity contribution in [3.05, 3.63) is 50.7 Å². The fourth-order valence-electron chi connectivity index (χ4n) is 1.96. The average Bonchev–Trinajstić information content (AvgIpc) is 2.82. The molecule has 0 aliphatic carbocycles. The number of thiophene rings is 1. The molecule has 0 aliphatic heterocycles. The molecule has 0 amide bonds. The molecule has 1 N–H and O–H groups in total. The highest BCUT2D eigenvalue weighted by atomic mass is 35.5. The number of halogens is 1. The van der Waals surface area contributed by atoms with Crippen molar-refractivity contribution in [3.8, 4) is 5.00 Å². The molecular formula is C12H9ClN2OS. The summed E-state index contributed by atoms with van der Waals surface area (Å²) in [6.45, 7) is 1.99. The molecule has 1 aromatic carbocycles. The molecule has 0 saturated carbocycles. The van der Waals surface area contributed by atoms with Gasteiger partial charge in [-0.1, -0.05) is 23.7 Å². The standard InChI is InChI=1S/C12H9ClN2OS/c1-7-3-2-4-8-11(7)15(12(16)14-8)10-6-5-9(13)17-10/h2-6H,1H3,(H,14,16). The van der Waals surface area contributed by atoms with E-state index in [1.54, 1.807) is 10.6 Å². The SMILES string of the molecule is Cc1cccc2[nH]c(=O)n(-c3ccc(Cl)s3)c12. The Balaban J connectivity index is 2.43. The zero-order valence-electron chi connectivity index (χ0n) is 9.03. The molecule has 0 radical (unpaired) electrons. The highest BCUT2D eigenvalue weighted by Gasteiger charge is 2.11. The van der Waals surface area contributed by atoms with Crippen LogP contribution < -0.4 is 5.69 Å². The zero-order chi connectivity index (χ0) is 12.0. The second kappa shape index (κ2) is 3.75. The molecule has 3 aromatic rings. The maximum absolute atomic E-state index is 12.0. The molecule has 0 aliphatic rings. The van der Waals surface area contributed by atoms with E-state index >= 15 is 0 Å². The summed E-state index contributed by atoms with van der Waals surface area (Å²) in [5.74, 6) is 0. The number of aromatic amines is 1. The second-order valence-electron chi connectivity index (χ2n) is 3.81. The number of rotatable bonds is 1. The van der Waals surface area contributed by atoms with Gasteiger partial charge in [0.1, 0.15) is 5.00 Å². The molecule has 86 valence electrons. The molecule has 2 heterocycles. The normalized spacial score (nSPS) is 11.2. The van der Waals surface area contributed by atoms with Crippen LogP contribution in [0.4, 0.5) is 0 Å². The number of benzene rings is 1. The summed E-state index contributed by atoms with van der Waals surface area (Å²) in [5.41, 5.74) is 2.69. The van der Waals surface area contributed by atoms with E-state index in [0.717, 1.165) is 21.6 Å². The summed E-state index contributed by atoms with van der Waals surface area (Å²) >= 11 is 7.31. The van der Waals surface area contributed by atoms with Crippen LogP contribution in [0.2, 0.25) is 4.34 Å². The van der Waals surface area contributed by atoms with Crippen molar-refractivity contribution < 1.29 is 0 Å². The Bertz CT molecular complexity index is 753. The molecule has 5 heteroatoms. The highest BCUT2D eigenvalue weighted by molar-refractivity contribution is 7.18. The number of imidazole rings is 1. The summed E-state index contributed by atoms with van der Waals surface area (Å²) in [7, 11) is 0. The number of fused-ring (bicyclic) bond motifs is 1. The molecule has 0 atom stereocenters. The average molecular weight is 265 g/mol. The van der Waals surface area contributed by atoms with Gasteiger partial charge in [-0.05, 0) is 30.7 Å². The molecular weight excluding hydrogens is 256 g/mol. The van der Waals surface area contributed by atoms with E-state index in [0.29, 0.717) is 4.34 Å². The Labute approximate surface area is 106 Å². The van der Waals surface area contributed by atoms with Crippen LogP contribution in [0.5, 0.6) is 0 Å². The fourth-order valence-corrected chi connectivity index (χ4v) is 3.00. The van der Waals surface area contributed by atoms with Crippen molar-refractivity contribution in [2.45, 2.75) is 6.92 Å². The molecule has 3 nitrogen and oxygen atoms in total. The Morgan fingerprint density at radius 3 is 2.82 bits per heavy atom. The number of hydrogen-bond donors (Lipinski definition) is 1. The molecule has 0 bridgehead atoms. The quantitative estimate of drug-likeness (QED) is 0.719. The van der Waals surface area contributed by atoms with Crippen LogP contribution in [0.15, 0.2) is 35.1 Å². The van der Waals surface area contributed by atoms with E-state index in [4.69, 9.17) is 11.6 Å². The van der Waals surface area contributed by atoms with Crippen LogP contribution >= 0.6 is 22.9 Å². The van der Waals surface area contributed by atoms with Gasteiger partial charge in [0.25, 0.3) is 0 Å². The topological polar surface area (TPSA) is 37.8 Å². The number of nitrogens with zero attached hydrogens (tertiary/aromatic N) is 1. The molecule has 0 saturated heterocycles. The zero-order valence-corrected chi connectivity index (χ0v) is 10.6. The van der Waals surface area contributed by atoms with Crippen molar-refractivity contribution in [1.29, 1.82) is 0 Å². The van der Waals surface area contributed by atoms with E-state index in [9.17, 15) is 4.79 Å². The number of aromatic nitrogens is 2. The van der Waals surface area contributed by atoms with Crippen molar-refractivity contribution in [3.63, 3.8) is 0 Å². The van der Waals surface area contributed by atoms with Gasteiger partial charge in [0.05, 0.1) is 15.4 Å². The summed E-state index contributed by atoms with van der Waals surface area (Å²) in [6, 6.07) is 9.47. The van der Waals surface area contributed by atoms with E-state index in [2.05, 4.69) is 4.98 Å². The highest BCUT2D eigenvalue weighted by Crippen LogP contribution is 2.27. The maximum atomic E-state index is 12.0. The lowest BCUT2D eigenvalue weighted by Crippen LogP contribution is -2.13. The first-order valence-electron chi connectivity index (χ1n) is 5.13. The van der Waals surface area contributed by atoms with Gasteiger partial charge < -0.3 is 4.98 Å². The van der Waals surface area contributed by atoms with Gasteiger partial charge in [-0.3, -0.25) is 4.57 Å². The smallest absolute Gasteiger partial charge is 0.305 e. The summed E-state index contributed by atoms with van der Waals surface area (Å²) in [6.07, 6.45) is 0. The minimum atomic E-state index is -0.132. The molecule has 0 unspecified atom stereocenters. The number of para-hydroxylation sites is 1. The minimum absolute atomic E-state index is 0.132. The molecule has 3 rings (SSSR count). The van der Waals surface area contributed by atoms with Gasteiger partial charge in [0.15, 0.2) is 0 Å². The number of hydrogen-bond acceptors (Lipinski definition) is 2. The van der Waals surface area contributed by atoms with E-state index in [1.165, 1.54) is 11.3 Å². The first-order valence-corrected chi connectivity index (χ1v) is 6.32. The summed E-state index contributed by atoms with van der Waals surface area (Å²) in [5, 5.41) is 0.834. The van der Waals surface area contributed by atoms with Crippen molar-refractivity contribution >= 4 is 34.0 Å². The van der Waals surface area contributed by atoms with Crippen molar-refractivity contribution in [2.24, 2.45) is 0 Å². The van der Waals surface area contributed by atoms with Crippen LogP contribution in [-0.2, 0) is 0 Å². The minimum Gasteiger partial charge on any atom is -0.305 e. The van der Waals surface area contributed by atoms with Gasteiger partial charge >= 0.3 is 5.69 Å². The first-order chi connectivity index (χ1) is 8.16. The first kappa shape index (κ1) is 10.6. The van der Waals surface area contributed by atoms with E-state index in [1.807, 2.05) is 31.2 Å². The van der Waals surface area contributed by atoms with Crippen LogP contribution in [-0.4, -0.2) is 9.55 Å². The van der Waals surface area contributed by atoms with E-state index in [-0.39, 0.29) is 5.69 Å². The number of H-pyrrole nitrogens is 1. The van der Waals surface area contributed by atoms with Crippen molar-refractivity contribution in [1.82, 2.24) is 9.55 Å². The second-order valence-corrected chi connectivity index (χ2v) is 5.51. The monoisotopic (exact) mass is 264 g/mol. The predicted octanol–water partition coefficient (Wildman–Crippen LogP) is 3.34. The van der Waals surface area contributed by atoms with E-state index < -0.39 is 0 Å². The fraction of sp³-hybridized carbons (Fsp3) is 0.0833. The number of aryl methyl sites for hydroxylation is 1. The summed E-state index contributed by atoms with van der Waals surface area (Å²) < 4.78 is 2.34. The van der Waals surface area contributed by atoms with Gasteiger partial charge in [-0.15, -0.1) is 11.3 Å². The molecule has 2 aromatic heterocycles. The predicted molar refractivity (Wildman–Crippen MR) is 71.5 cm³/mol. The third-order valence-electron chi connectivity index (χ3n) is 2.69. The Morgan fingerprint density at radius 1 is 1.29 bits per heavy atom. The van der Waals surface area contributed by atoms with Crippen molar-refractivity contribution in [2.75, 3.05) is 0 Å². The molecule has 17 heavy (non-hydrogen) atoms. The van der Waals surface area contributed by atoms with Gasteiger partial charge in [-0.2, -0.15) is 0 Å². The lowest BCUT2D eigenvalue weighted by molar-refractivity contribution is 1.03. The Hall–Kier alpha value is -1.52. The van der Waals surface area contributed by atoms with Crippen LogP contribution in [0.3, 0.4) is 0 Å². The van der Waals surface area contributed by atoms with Gasteiger partial charge in [0, 0.05) is 0 Å². The van der Waals surface area contributed by atoms with Gasteiger partial charge in [0.2, 0.25) is 0 Å². The van der Waals surface area contributed by atoms with Crippen LogP contribution in [0.25, 0.3) is 16.0 Å². The lowest BCUT2D eigenvalue weighted by atomic mass is 10.2. The lowest BCUT2D eigenvalue weighted by Gasteiger charge is -2.01. The molecule has 0 spiro atoms. The van der Waals surface area contributed by atoms with Crippen LogP contribution in [0.1, 0.15) is 5.56 Å². The Morgan fingerprint density at radius 2 is 2.12 bits per heavy atom. The maximum Gasteiger partial charge on any atom is 0.331 e. The largest absolute Gasteiger partial charge is 0.331 e. The Kier molecular flexibility index (Phi) is 2.34. The third-order valence-corrected chi connectivity index (χ3v) is 3.90. The van der Waals surface area contributed by atoms with Gasteiger partial charge in [-0.25, -0.2) is 4.79 Å². The molecule has 0 fully saturated rings. The summed E-state index contributed by atoms with van der Waals surface area (Å²) in [4.78, 5) is 14.8. The third kappa shape index (κ3) is 1.61. The number of nitrogens with one attached hydrogen (secondary N) is 1.